The number of carbonyl (C=O) groups excluding carboxylic acids is 1. The maximum atomic E-state index is 14.5. The van der Waals surface area contributed by atoms with E-state index in [0.717, 1.165) is 0 Å². The van der Waals surface area contributed by atoms with E-state index in [1.165, 1.54) is 19.2 Å². The van der Waals surface area contributed by atoms with Crippen LogP contribution in [-0.4, -0.2) is 49.7 Å². The minimum absolute atomic E-state index is 0.0736. The Morgan fingerprint density at radius 2 is 2.33 bits per heavy atom. The molecule has 24 heavy (non-hydrogen) atoms. The van der Waals surface area contributed by atoms with Gasteiger partial charge in [-0.25, -0.2) is 8.75 Å². The number of benzene rings is 1. The average Bonchev–Trinajstić information content (AvgIpc) is 2.53. The highest BCUT2D eigenvalue weighted by atomic mass is 32.2. The first-order valence-corrected chi connectivity index (χ1v) is 8.61. The van der Waals surface area contributed by atoms with Crippen LogP contribution in [0.4, 0.5) is 10.1 Å². The highest BCUT2D eigenvalue weighted by Crippen LogP contribution is 2.30. The van der Waals surface area contributed by atoms with Gasteiger partial charge in [0.25, 0.3) is 0 Å². The Labute approximate surface area is 143 Å². The van der Waals surface area contributed by atoms with Crippen LogP contribution in [0.25, 0.3) is 0 Å². The molecule has 1 heterocycles. The van der Waals surface area contributed by atoms with Crippen molar-refractivity contribution in [2.75, 3.05) is 38.9 Å². The van der Waals surface area contributed by atoms with E-state index in [1.54, 1.807) is 24.5 Å². The minimum atomic E-state index is -0.793. The third-order valence-electron chi connectivity index (χ3n) is 3.77. The maximum Gasteiger partial charge on any atom is 0.250 e. The molecule has 7 nitrogen and oxygen atoms in total. The van der Waals surface area contributed by atoms with Crippen molar-refractivity contribution >= 4 is 28.4 Å². The zero-order chi connectivity index (χ0) is 17.9. The standard InChI is InChI=1S/C15H22FN5O2S/c1-15(9-24(18-2)21(3)14(17)20-15)11-7-10(5-6-12(11)16)19-13(22)8-23-4/h5-7H,8-9H2,1-4H3,(H2,17,20)(H,19,22)/t15-,24+/m0/s1. The number of halogens is 1. The Morgan fingerprint density at radius 3 is 2.96 bits per heavy atom. The summed E-state index contributed by atoms with van der Waals surface area (Å²) in [4.78, 5) is 11.7. The van der Waals surface area contributed by atoms with Crippen molar-refractivity contribution in [3.8, 4) is 0 Å². The molecule has 0 spiro atoms. The van der Waals surface area contributed by atoms with Crippen LogP contribution in [0.1, 0.15) is 12.5 Å². The summed E-state index contributed by atoms with van der Waals surface area (Å²) in [7, 11) is 4.37. The van der Waals surface area contributed by atoms with Crippen molar-refractivity contribution < 1.29 is 13.9 Å². The second-order valence-electron chi connectivity index (χ2n) is 5.65. The van der Waals surface area contributed by atoms with Crippen LogP contribution >= 0.6 is 0 Å². The minimum Gasteiger partial charge on any atom is -0.375 e. The van der Waals surface area contributed by atoms with Gasteiger partial charge in [-0.15, -0.1) is 0 Å². The van der Waals surface area contributed by atoms with Crippen LogP contribution < -0.4 is 10.6 Å². The molecular formula is C15H22FN5O2S. The van der Waals surface area contributed by atoms with E-state index in [-0.39, 0.29) is 18.5 Å². The third-order valence-corrected chi connectivity index (χ3v) is 5.85. The quantitative estimate of drug-likeness (QED) is 0.762. The van der Waals surface area contributed by atoms with Gasteiger partial charge >= 0.3 is 0 Å². The average molecular weight is 355 g/mol. The number of carbonyl (C=O) groups is 1. The van der Waals surface area contributed by atoms with Crippen LogP contribution in [0.15, 0.2) is 22.6 Å². The summed E-state index contributed by atoms with van der Waals surface area (Å²) in [5.74, 6) is -0.000324. The lowest BCUT2D eigenvalue weighted by molar-refractivity contribution is -0.119. The van der Waals surface area contributed by atoms with Gasteiger partial charge in [0, 0.05) is 32.5 Å². The van der Waals surface area contributed by atoms with Gasteiger partial charge < -0.3 is 15.4 Å². The van der Waals surface area contributed by atoms with Gasteiger partial charge in [0.15, 0.2) is 0 Å². The molecule has 0 radical (unpaired) electrons. The van der Waals surface area contributed by atoms with Crippen molar-refractivity contribution in [2.45, 2.75) is 12.5 Å². The zero-order valence-corrected chi connectivity index (χ0v) is 15.0. The van der Waals surface area contributed by atoms with E-state index in [9.17, 15) is 9.18 Å². The molecule has 3 N–H and O–H groups in total. The topological polar surface area (TPSA) is 89.8 Å². The van der Waals surface area contributed by atoms with Gasteiger partial charge in [-0.2, -0.15) is 0 Å². The van der Waals surface area contributed by atoms with Gasteiger partial charge in [-0.05, 0) is 36.0 Å². The van der Waals surface area contributed by atoms with Crippen molar-refractivity contribution in [1.29, 1.82) is 5.41 Å². The number of nitrogens with zero attached hydrogens (tertiary/aromatic N) is 2. The summed E-state index contributed by atoms with van der Waals surface area (Å²) in [6.45, 7) is 1.76. The summed E-state index contributed by atoms with van der Waals surface area (Å²) in [6.07, 6.45) is 0. The van der Waals surface area contributed by atoms with Crippen LogP contribution in [-0.2, 0) is 25.9 Å². The molecule has 0 saturated carbocycles. The maximum absolute atomic E-state index is 14.5. The highest BCUT2D eigenvalue weighted by molar-refractivity contribution is 7.85. The fraction of sp³-hybridized carbons (Fsp3) is 0.467. The summed E-state index contributed by atoms with van der Waals surface area (Å²) >= 11 is 0. The molecule has 1 aliphatic rings. The smallest absolute Gasteiger partial charge is 0.250 e. The van der Waals surface area contributed by atoms with Crippen LogP contribution in [0.5, 0.6) is 0 Å². The van der Waals surface area contributed by atoms with Crippen LogP contribution in [0.2, 0.25) is 0 Å². The molecule has 1 saturated heterocycles. The highest BCUT2D eigenvalue weighted by Gasteiger charge is 2.38. The van der Waals surface area contributed by atoms with E-state index in [4.69, 9.17) is 10.1 Å². The lowest BCUT2D eigenvalue weighted by Gasteiger charge is -2.42. The van der Waals surface area contributed by atoms with Gasteiger partial charge in [0.05, 0.1) is 11.3 Å². The molecule has 1 fully saturated rings. The molecule has 1 aromatic carbocycles. The monoisotopic (exact) mass is 355 g/mol. The predicted octanol–water partition coefficient (Wildman–Crippen LogP) is 1.44. The Kier molecular flexibility index (Phi) is 5.55. The van der Waals surface area contributed by atoms with Crippen molar-refractivity contribution in [3.05, 3.63) is 29.6 Å². The van der Waals surface area contributed by atoms with Gasteiger partial charge in [0.2, 0.25) is 11.9 Å². The number of amides is 1. The normalized spacial score (nSPS) is 24.0. The molecule has 0 bridgehead atoms. The number of nitrogens with one attached hydrogen (secondary N) is 3. The Bertz CT molecular complexity index is 696. The van der Waals surface area contributed by atoms with Crippen LogP contribution in [0, 0.1) is 11.2 Å². The number of hydrogen-bond acceptors (Lipinski definition) is 4. The first kappa shape index (κ1) is 18.3. The molecule has 0 unspecified atom stereocenters. The lowest BCUT2D eigenvalue weighted by Crippen LogP contribution is -2.59. The number of ether oxygens (including phenoxy) is 1. The zero-order valence-electron chi connectivity index (χ0n) is 14.1. The largest absolute Gasteiger partial charge is 0.375 e. The summed E-state index contributed by atoms with van der Waals surface area (Å²) in [5, 5.41) is 13.8. The van der Waals surface area contributed by atoms with E-state index in [0.29, 0.717) is 17.0 Å². The number of rotatable bonds is 4. The van der Waals surface area contributed by atoms with Crippen molar-refractivity contribution in [2.24, 2.45) is 4.36 Å². The first-order chi connectivity index (χ1) is 11.3. The van der Waals surface area contributed by atoms with E-state index in [1.807, 2.05) is 6.92 Å². The fourth-order valence-corrected chi connectivity index (χ4v) is 4.09. The Balaban J connectivity index is 2.36. The summed E-state index contributed by atoms with van der Waals surface area (Å²) < 4.78 is 25.2. The summed E-state index contributed by atoms with van der Waals surface area (Å²) in [5.41, 5.74) is 0.0742. The summed E-state index contributed by atoms with van der Waals surface area (Å²) in [6, 6.07) is 4.40. The molecule has 1 aliphatic heterocycles. The predicted molar refractivity (Wildman–Crippen MR) is 93.5 cm³/mol. The molecule has 0 aliphatic carbocycles. The van der Waals surface area contributed by atoms with Crippen LogP contribution in [0.3, 0.4) is 0 Å². The van der Waals surface area contributed by atoms with Gasteiger partial charge in [-0.3, -0.25) is 14.5 Å². The second kappa shape index (κ2) is 7.27. The molecule has 0 aromatic heterocycles. The van der Waals surface area contributed by atoms with Crippen molar-refractivity contribution in [1.82, 2.24) is 9.62 Å². The number of guanidine groups is 1. The molecule has 132 valence electrons. The lowest BCUT2D eigenvalue weighted by atomic mass is 9.93. The molecular weight excluding hydrogens is 333 g/mol. The number of anilines is 1. The van der Waals surface area contributed by atoms with E-state index in [2.05, 4.69) is 15.0 Å². The second-order valence-corrected chi connectivity index (χ2v) is 7.53. The van der Waals surface area contributed by atoms with E-state index < -0.39 is 22.2 Å². The SMILES string of the molecule is C/N=[S@]1/C[C@@](C)(c2cc(NC(=O)COC)ccc2F)NC(=N)N1C. The number of methoxy groups -OCH3 is 1. The number of hydrogen-bond donors (Lipinski definition) is 3. The van der Waals surface area contributed by atoms with Gasteiger partial charge in [-0.1, -0.05) is 0 Å². The van der Waals surface area contributed by atoms with E-state index >= 15 is 0 Å². The van der Waals surface area contributed by atoms with Gasteiger partial charge in [0.1, 0.15) is 12.4 Å². The molecule has 2 rings (SSSR count). The first-order valence-electron chi connectivity index (χ1n) is 7.31. The molecule has 1 aromatic rings. The third kappa shape index (κ3) is 3.73. The Morgan fingerprint density at radius 1 is 1.62 bits per heavy atom. The molecule has 2 atom stereocenters. The molecule has 9 heteroatoms. The Hall–Kier alpha value is -2.00. The van der Waals surface area contributed by atoms with Crippen molar-refractivity contribution in [3.63, 3.8) is 0 Å². The molecule has 1 amide bonds. The fourth-order valence-electron chi connectivity index (χ4n) is 2.52.